The van der Waals surface area contributed by atoms with Crippen LogP contribution in [0.5, 0.6) is 11.5 Å². The van der Waals surface area contributed by atoms with Crippen LogP contribution in [-0.2, 0) is 22.4 Å². The predicted octanol–water partition coefficient (Wildman–Crippen LogP) is 3.33. The Bertz CT molecular complexity index is 827. The number of hydrogen-bond acceptors (Lipinski definition) is 4. The van der Waals surface area contributed by atoms with E-state index in [1.165, 1.54) is 13.8 Å². The van der Waals surface area contributed by atoms with Gasteiger partial charge in [-0.05, 0) is 93.4 Å². The monoisotopic (exact) mass is 608 g/mol. The number of amides is 2. The van der Waals surface area contributed by atoms with Gasteiger partial charge in [-0.3, -0.25) is 9.59 Å². The molecular weight excluding hydrogens is 586 g/mol. The minimum absolute atomic E-state index is 0.0900. The van der Waals surface area contributed by atoms with Gasteiger partial charge in [-0.25, -0.2) is 0 Å². The Hall–Kier alpha value is -1.56. The van der Waals surface area contributed by atoms with Gasteiger partial charge in [-0.2, -0.15) is 0 Å². The van der Waals surface area contributed by atoms with Crippen LogP contribution in [0.1, 0.15) is 25.0 Å². The molecule has 4 N–H and O–H groups in total. The zero-order valence-electron chi connectivity index (χ0n) is 15.6. The topological polar surface area (TPSA) is 98.7 Å². The van der Waals surface area contributed by atoms with Crippen LogP contribution in [0.15, 0.2) is 24.3 Å². The molecule has 0 fully saturated rings. The Morgan fingerprint density at radius 1 is 0.786 bits per heavy atom. The SMILES string of the molecule is CC(=O)NCCc1cc(I)c(O)c(-c2cc(CCNC(C)=O)cc(I)c2O)c1. The lowest BCUT2D eigenvalue weighted by Gasteiger charge is -2.15. The van der Waals surface area contributed by atoms with Gasteiger partial charge in [0.05, 0.1) is 7.14 Å². The largest absolute Gasteiger partial charge is 0.506 e. The van der Waals surface area contributed by atoms with Gasteiger partial charge >= 0.3 is 0 Å². The highest BCUT2D eigenvalue weighted by Gasteiger charge is 2.17. The molecule has 0 unspecified atom stereocenters. The number of carbonyl (C=O) groups excluding carboxylic acids is 2. The van der Waals surface area contributed by atoms with Gasteiger partial charge in [-0.15, -0.1) is 0 Å². The van der Waals surface area contributed by atoms with Crippen molar-refractivity contribution in [2.24, 2.45) is 0 Å². The lowest BCUT2D eigenvalue weighted by molar-refractivity contribution is -0.119. The van der Waals surface area contributed by atoms with E-state index < -0.39 is 0 Å². The normalized spacial score (nSPS) is 10.6. The zero-order chi connectivity index (χ0) is 20.8. The second kappa shape index (κ2) is 10.3. The smallest absolute Gasteiger partial charge is 0.216 e. The molecule has 150 valence electrons. The number of nitrogens with one attached hydrogen (secondary N) is 2. The Labute approximate surface area is 191 Å². The van der Waals surface area contributed by atoms with Gasteiger partial charge in [0.25, 0.3) is 0 Å². The summed E-state index contributed by atoms with van der Waals surface area (Å²) in [6.45, 7) is 3.93. The van der Waals surface area contributed by atoms with Gasteiger partial charge in [0, 0.05) is 38.1 Å². The maximum Gasteiger partial charge on any atom is 0.216 e. The van der Waals surface area contributed by atoms with E-state index in [2.05, 4.69) is 55.8 Å². The summed E-state index contributed by atoms with van der Waals surface area (Å²) in [6, 6.07) is 7.40. The molecule has 0 radical (unpaired) electrons. The minimum Gasteiger partial charge on any atom is -0.506 e. The molecule has 2 rings (SSSR count). The first-order valence-electron chi connectivity index (χ1n) is 8.71. The molecule has 2 aromatic carbocycles. The first-order chi connectivity index (χ1) is 13.2. The van der Waals surface area contributed by atoms with Crippen molar-refractivity contribution in [3.05, 3.63) is 42.5 Å². The summed E-state index contributed by atoms with van der Waals surface area (Å²) in [5, 5.41) is 26.7. The Kier molecular flexibility index (Phi) is 8.35. The number of halogens is 2. The molecule has 0 heterocycles. The first-order valence-corrected chi connectivity index (χ1v) is 10.9. The van der Waals surface area contributed by atoms with Crippen molar-refractivity contribution in [1.29, 1.82) is 0 Å². The average Bonchev–Trinajstić information content (AvgIpc) is 2.60. The van der Waals surface area contributed by atoms with E-state index in [-0.39, 0.29) is 23.3 Å². The molecule has 6 nitrogen and oxygen atoms in total. The number of phenols is 2. The molecule has 2 amide bonds. The molecule has 8 heteroatoms. The molecule has 0 spiro atoms. The quantitative estimate of drug-likeness (QED) is 0.363. The Morgan fingerprint density at radius 3 is 1.46 bits per heavy atom. The van der Waals surface area contributed by atoms with E-state index in [0.29, 0.717) is 44.2 Å². The van der Waals surface area contributed by atoms with E-state index in [1.54, 1.807) is 0 Å². The van der Waals surface area contributed by atoms with Crippen molar-refractivity contribution < 1.29 is 19.8 Å². The summed E-state index contributed by atoms with van der Waals surface area (Å²) in [4.78, 5) is 22.2. The maximum absolute atomic E-state index is 11.1. The van der Waals surface area contributed by atoms with Crippen molar-refractivity contribution in [3.63, 3.8) is 0 Å². The van der Waals surface area contributed by atoms with Crippen LogP contribution >= 0.6 is 45.2 Å². The van der Waals surface area contributed by atoms with Crippen LogP contribution < -0.4 is 10.6 Å². The molecule has 0 aliphatic carbocycles. The highest BCUT2D eigenvalue weighted by molar-refractivity contribution is 14.1. The van der Waals surface area contributed by atoms with Crippen molar-refractivity contribution in [1.82, 2.24) is 10.6 Å². The third-order valence-corrected chi connectivity index (χ3v) is 5.76. The number of aromatic hydroxyl groups is 2. The lowest BCUT2D eigenvalue weighted by atomic mass is 9.97. The third kappa shape index (κ3) is 6.23. The molecule has 0 saturated heterocycles. The van der Waals surface area contributed by atoms with Crippen LogP contribution in [0.3, 0.4) is 0 Å². The summed E-state index contributed by atoms with van der Waals surface area (Å²) in [6.07, 6.45) is 1.23. The fourth-order valence-corrected chi connectivity index (χ4v) is 4.16. The van der Waals surface area contributed by atoms with Gasteiger partial charge in [0.15, 0.2) is 0 Å². The fraction of sp³-hybridized carbons (Fsp3) is 0.300. The summed E-state index contributed by atoms with van der Waals surface area (Å²) in [5.41, 5.74) is 2.98. The van der Waals surface area contributed by atoms with Crippen LogP contribution in [0.25, 0.3) is 11.1 Å². The lowest BCUT2D eigenvalue weighted by Crippen LogP contribution is -2.22. The van der Waals surface area contributed by atoms with E-state index in [4.69, 9.17) is 0 Å². The number of benzene rings is 2. The van der Waals surface area contributed by atoms with Crippen LogP contribution in [0, 0.1) is 7.14 Å². The molecule has 0 aliphatic rings. The summed E-state index contributed by atoms with van der Waals surface area (Å²) in [7, 11) is 0. The standard InChI is InChI=1S/C20H22I2N2O4/c1-11(25)23-5-3-13-7-15(19(27)17(21)9-13)16-8-14(4-6-24-12(2)26)10-18(22)20(16)28/h7-10,27-28H,3-6H2,1-2H3,(H,23,25)(H,24,26). The van der Waals surface area contributed by atoms with Crippen LogP contribution in [0.2, 0.25) is 0 Å². The number of phenolic OH excluding ortho intramolecular Hbond substituents is 2. The summed E-state index contributed by atoms with van der Waals surface area (Å²) >= 11 is 4.12. The number of carbonyl (C=O) groups is 2. The van der Waals surface area contributed by atoms with Crippen molar-refractivity contribution in [3.8, 4) is 22.6 Å². The highest BCUT2D eigenvalue weighted by Crippen LogP contribution is 2.41. The Balaban J connectivity index is 2.39. The van der Waals surface area contributed by atoms with Crippen molar-refractivity contribution in [2.75, 3.05) is 13.1 Å². The van der Waals surface area contributed by atoms with Gasteiger partial charge in [0.2, 0.25) is 11.8 Å². The molecule has 0 atom stereocenters. The third-order valence-electron chi connectivity index (χ3n) is 4.11. The molecule has 2 aromatic rings. The van der Waals surface area contributed by atoms with Crippen molar-refractivity contribution in [2.45, 2.75) is 26.7 Å². The van der Waals surface area contributed by atoms with E-state index in [1.807, 2.05) is 24.3 Å². The van der Waals surface area contributed by atoms with Gasteiger partial charge < -0.3 is 20.8 Å². The highest BCUT2D eigenvalue weighted by atomic mass is 127. The zero-order valence-corrected chi connectivity index (χ0v) is 19.9. The van der Waals surface area contributed by atoms with Crippen LogP contribution in [0.4, 0.5) is 0 Å². The second-order valence-electron chi connectivity index (χ2n) is 6.41. The summed E-state index contributed by atoms with van der Waals surface area (Å²) in [5.74, 6) is 0.0310. The minimum atomic E-state index is -0.0900. The van der Waals surface area contributed by atoms with Gasteiger partial charge in [0.1, 0.15) is 11.5 Å². The fourth-order valence-electron chi connectivity index (χ4n) is 2.78. The Morgan fingerprint density at radius 2 is 1.14 bits per heavy atom. The van der Waals surface area contributed by atoms with Gasteiger partial charge in [-0.1, -0.05) is 0 Å². The number of hydrogen-bond donors (Lipinski definition) is 4. The predicted molar refractivity (Wildman–Crippen MR) is 125 cm³/mol. The number of rotatable bonds is 7. The van der Waals surface area contributed by atoms with E-state index in [9.17, 15) is 19.8 Å². The molecule has 28 heavy (non-hydrogen) atoms. The summed E-state index contributed by atoms with van der Waals surface area (Å²) < 4.78 is 1.34. The van der Waals surface area contributed by atoms with E-state index >= 15 is 0 Å². The molecule has 0 aromatic heterocycles. The molecule has 0 saturated carbocycles. The average molecular weight is 608 g/mol. The molecule has 0 aliphatic heterocycles. The second-order valence-corrected chi connectivity index (χ2v) is 8.74. The molecular formula is C20H22I2N2O4. The van der Waals surface area contributed by atoms with Crippen molar-refractivity contribution >= 4 is 57.0 Å². The maximum atomic E-state index is 11.1. The van der Waals surface area contributed by atoms with E-state index in [0.717, 1.165) is 11.1 Å². The van der Waals surface area contributed by atoms with Crippen LogP contribution in [-0.4, -0.2) is 35.1 Å². The molecule has 0 bridgehead atoms. The first kappa shape index (κ1) is 22.7.